The lowest BCUT2D eigenvalue weighted by Gasteiger charge is -2.04. The standard InChI is InChI=1S/C8H15IN2O4/c1-10-7(12)3-6-14-5-2-4-11-8(13)15-9/h2-6H2,1H3,(H,10,12)(H,11,13). The lowest BCUT2D eigenvalue weighted by molar-refractivity contribution is -0.121. The maximum atomic E-state index is 10.8. The highest BCUT2D eigenvalue weighted by atomic mass is 127. The van der Waals surface area contributed by atoms with E-state index in [1.54, 1.807) is 7.05 Å². The van der Waals surface area contributed by atoms with Crippen LogP contribution in [0.3, 0.4) is 0 Å². The summed E-state index contributed by atoms with van der Waals surface area (Å²) in [6.07, 6.45) is 0.597. The molecule has 0 aliphatic carbocycles. The van der Waals surface area contributed by atoms with Crippen molar-refractivity contribution >= 4 is 35.0 Å². The van der Waals surface area contributed by atoms with E-state index in [0.29, 0.717) is 32.6 Å². The lowest BCUT2D eigenvalue weighted by atomic mass is 10.4. The van der Waals surface area contributed by atoms with Gasteiger partial charge in [0, 0.05) is 26.6 Å². The maximum absolute atomic E-state index is 10.8. The van der Waals surface area contributed by atoms with Crippen LogP contribution >= 0.6 is 23.0 Å². The van der Waals surface area contributed by atoms with Crippen LogP contribution in [0, 0.1) is 0 Å². The number of nitrogens with one attached hydrogen (secondary N) is 2. The average Bonchev–Trinajstić information content (AvgIpc) is 2.26. The molecule has 7 heteroatoms. The minimum atomic E-state index is -0.457. The summed E-state index contributed by atoms with van der Waals surface area (Å²) in [5, 5.41) is 5.01. The first-order valence-electron chi connectivity index (χ1n) is 4.55. The van der Waals surface area contributed by atoms with Crippen molar-refractivity contribution in [2.75, 3.05) is 26.8 Å². The minimum absolute atomic E-state index is 0.0402. The van der Waals surface area contributed by atoms with Crippen LogP contribution in [-0.2, 0) is 12.6 Å². The Bertz CT molecular complexity index is 181. The Morgan fingerprint density at radius 2 is 2.07 bits per heavy atom. The average molecular weight is 330 g/mol. The fourth-order valence-electron chi connectivity index (χ4n) is 0.784. The molecule has 0 aliphatic heterocycles. The first-order valence-corrected chi connectivity index (χ1v) is 5.43. The Hall–Kier alpha value is -0.570. The van der Waals surface area contributed by atoms with Crippen LogP contribution in [0.1, 0.15) is 12.8 Å². The molecule has 2 amide bonds. The fraction of sp³-hybridized carbons (Fsp3) is 0.750. The molecule has 0 aromatic rings. The minimum Gasteiger partial charge on any atom is -0.381 e. The van der Waals surface area contributed by atoms with E-state index in [9.17, 15) is 9.59 Å². The molecule has 0 aromatic carbocycles. The topological polar surface area (TPSA) is 76.7 Å². The molecule has 15 heavy (non-hydrogen) atoms. The highest BCUT2D eigenvalue weighted by Crippen LogP contribution is 1.88. The van der Waals surface area contributed by atoms with Crippen molar-refractivity contribution in [1.82, 2.24) is 10.6 Å². The Morgan fingerprint density at radius 3 is 2.67 bits per heavy atom. The number of amides is 2. The highest BCUT2D eigenvalue weighted by Gasteiger charge is 1.99. The molecule has 0 saturated carbocycles. The normalized spacial score (nSPS) is 9.47. The number of carbonyl (C=O) groups is 2. The van der Waals surface area contributed by atoms with Crippen molar-refractivity contribution in [3.8, 4) is 0 Å². The summed E-state index contributed by atoms with van der Waals surface area (Å²) >= 11 is 1.51. The molecule has 0 aromatic heterocycles. The molecule has 88 valence electrons. The summed E-state index contributed by atoms with van der Waals surface area (Å²) in [5.41, 5.74) is 0. The van der Waals surface area contributed by atoms with Gasteiger partial charge >= 0.3 is 6.09 Å². The van der Waals surface area contributed by atoms with Gasteiger partial charge in [-0.15, -0.1) is 0 Å². The first kappa shape index (κ1) is 14.4. The maximum Gasteiger partial charge on any atom is 0.416 e. The quantitative estimate of drug-likeness (QED) is 0.530. The third kappa shape index (κ3) is 9.73. The lowest BCUT2D eigenvalue weighted by Crippen LogP contribution is -2.24. The molecule has 0 atom stereocenters. The van der Waals surface area contributed by atoms with Gasteiger partial charge in [-0.3, -0.25) is 4.79 Å². The van der Waals surface area contributed by atoms with E-state index in [-0.39, 0.29) is 5.91 Å². The Labute approximate surface area is 103 Å². The van der Waals surface area contributed by atoms with Gasteiger partial charge < -0.3 is 18.4 Å². The zero-order chi connectivity index (χ0) is 11.5. The summed E-state index contributed by atoms with van der Waals surface area (Å²) < 4.78 is 9.52. The van der Waals surface area contributed by atoms with Crippen LogP contribution in [0.15, 0.2) is 0 Å². The van der Waals surface area contributed by atoms with Crippen molar-refractivity contribution in [2.45, 2.75) is 12.8 Å². The summed E-state index contributed by atoms with van der Waals surface area (Å²) in [5.74, 6) is -0.0402. The third-order valence-corrected chi connectivity index (χ3v) is 1.96. The number of carbonyl (C=O) groups excluding carboxylic acids is 2. The van der Waals surface area contributed by atoms with Crippen LogP contribution in [-0.4, -0.2) is 38.8 Å². The second-order valence-electron chi connectivity index (χ2n) is 2.68. The van der Waals surface area contributed by atoms with Crippen LogP contribution in [0.4, 0.5) is 4.79 Å². The number of ether oxygens (including phenoxy) is 1. The molecular weight excluding hydrogens is 315 g/mol. The highest BCUT2D eigenvalue weighted by molar-refractivity contribution is 14.1. The molecule has 0 saturated heterocycles. The fourth-order valence-corrected chi connectivity index (χ4v) is 0.940. The molecule has 6 nitrogen and oxygen atoms in total. The van der Waals surface area contributed by atoms with Gasteiger partial charge in [-0.2, -0.15) is 0 Å². The SMILES string of the molecule is CNC(=O)CCOCCCNC(=O)OI. The molecule has 0 unspecified atom stereocenters. The number of hydrogen-bond acceptors (Lipinski definition) is 4. The smallest absolute Gasteiger partial charge is 0.381 e. The summed E-state index contributed by atoms with van der Waals surface area (Å²) in [7, 11) is 1.59. The van der Waals surface area contributed by atoms with Crippen molar-refractivity contribution in [2.24, 2.45) is 0 Å². The van der Waals surface area contributed by atoms with E-state index in [2.05, 4.69) is 13.7 Å². The van der Waals surface area contributed by atoms with Gasteiger partial charge in [-0.1, -0.05) is 0 Å². The van der Waals surface area contributed by atoms with E-state index in [1.165, 1.54) is 23.0 Å². The van der Waals surface area contributed by atoms with Crippen molar-refractivity contribution in [3.05, 3.63) is 0 Å². The van der Waals surface area contributed by atoms with E-state index in [0.717, 1.165) is 0 Å². The van der Waals surface area contributed by atoms with Crippen LogP contribution in [0.25, 0.3) is 0 Å². The summed E-state index contributed by atoms with van der Waals surface area (Å²) in [4.78, 5) is 21.4. The van der Waals surface area contributed by atoms with Crippen molar-refractivity contribution in [1.29, 1.82) is 0 Å². The largest absolute Gasteiger partial charge is 0.416 e. The van der Waals surface area contributed by atoms with Crippen molar-refractivity contribution in [3.63, 3.8) is 0 Å². The Kier molecular flexibility index (Phi) is 9.59. The molecule has 0 fully saturated rings. The van der Waals surface area contributed by atoms with Crippen LogP contribution < -0.4 is 10.6 Å². The van der Waals surface area contributed by atoms with E-state index >= 15 is 0 Å². The van der Waals surface area contributed by atoms with Crippen molar-refractivity contribution < 1.29 is 17.4 Å². The van der Waals surface area contributed by atoms with Gasteiger partial charge in [0.15, 0.2) is 23.0 Å². The van der Waals surface area contributed by atoms with E-state index < -0.39 is 6.09 Å². The summed E-state index contributed by atoms with van der Waals surface area (Å²) in [6.45, 7) is 1.41. The molecule has 0 bridgehead atoms. The number of rotatable bonds is 7. The zero-order valence-electron chi connectivity index (χ0n) is 8.55. The number of halogens is 1. The molecule has 0 rings (SSSR count). The van der Waals surface area contributed by atoms with Crippen LogP contribution in [0.2, 0.25) is 0 Å². The molecule has 0 radical (unpaired) electrons. The first-order chi connectivity index (χ1) is 7.20. The zero-order valence-corrected chi connectivity index (χ0v) is 10.7. The number of hydrogen-bond donors (Lipinski definition) is 2. The van der Waals surface area contributed by atoms with Gasteiger partial charge in [-0.25, -0.2) is 4.79 Å². The predicted octanol–water partition coefficient (Wildman–Crippen LogP) is 0.605. The summed E-state index contributed by atoms with van der Waals surface area (Å²) in [6, 6.07) is 0. The second-order valence-corrected chi connectivity index (χ2v) is 3.12. The van der Waals surface area contributed by atoms with Gasteiger partial charge in [0.05, 0.1) is 6.61 Å². The molecule has 0 spiro atoms. The van der Waals surface area contributed by atoms with E-state index in [4.69, 9.17) is 4.74 Å². The van der Waals surface area contributed by atoms with Crippen LogP contribution in [0.5, 0.6) is 0 Å². The Balaban J connectivity index is 3.11. The Morgan fingerprint density at radius 1 is 1.33 bits per heavy atom. The molecule has 0 aliphatic rings. The predicted molar refractivity (Wildman–Crippen MR) is 62.6 cm³/mol. The van der Waals surface area contributed by atoms with Gasteiger partial charge in [0.25, 0.3) is 0 Å². The van der Waals surface area contributed by atoms with E-state index in [1.807, 2.05) is 0 Å². The molecule has 2 N–H and O–H groups in total. The monoisotopic (exact) mass is 330 g/mol. The van der Waals surface area contributed by atoms with Gasteiger partial charge in [0.1, 0.15) is 0 Å². The second kappa shape index (κ2) is 9.97. The van der Waals surface area contributed by atoms with Gasteiger partial charge in [-0.05, 0) is 6.42 Å². The third-order valence-electron chi connectivity index (χ3n) is 1.56. The molecule has 0 heterocycles. The molecular formula is C8H15IN2O4. The van der Waals surface area contributed by atoms with Gasteiger partial charge in [0.2, 0.25) is 5.91 Å².